The van der Waals surface area contributed by atoms with Crippen LogP contribution in [-0.2, 0) is 0 Å². The van der Waals surface area contributed by atoms with Crippen molar-refractivity contribution in [2.75, 3.05) is 10.6 Å². The van der Waals surface area contributed by atoms with Crippen LogP contribution in [0.1, 0.15) is 20.0 Å². The maximum atomic E-state index is 12.5. The molecular weight excluding hydrogens is 408 g/mol. The van der Waals surface area contributed by atoms with Gasteiger partial charge in [-0.3, -0.25) is 19.4 Å². The number of aromatic nitrogens is 2. The standard InChI is InChI=1S/C20H14N4O3S2/c25-17(11-3-8-14-15(10-11)23-20(28)24-18(14)26)21-12-4-6-13(7-5-12)22-19(27)16-2-1-9-29-16/h1-10H,(H,21,25)(H,22,27)(H2,23,24,26,28). The van der Waals surface area contributed by atoms with Gasteiger partial charge in [-0.2, -0.15) is 0 Å². The molecule has 0 radical (unpaired) electrons. The monoisotopic (exact) mass is 422 g/mol. The first-order chi connectivity index (χ1) is 14.0. The van der Waals surface area contributed by atoms with Crippen molar-refractivity contribution in [3.8, 4) is 0 Å². The third-order valence-electron chi connectivity index (χ3n) is 4.15. The number of amides is 2. The Hall–Kier alpha value is -3.56. The number of carbonyl (C=O) groups excluding carboxylic acids is 2. The van der Waals surface area contributed by atoms with Crippen LogP contribution in [0.25, 0.3) is 10.9 Å². The topological polar surface area (TPSA) is 107 Å². The molecule has 9 heteroatoms. The lowest BCUT2D eigenvalue weighted by atomic mass is 10.1. The summed E-state index contributed by atoms with van der Waals surface area (Å²) in [6.07, 6.45) is 0. The van der Waals surface area contributed by atoms with Gasteiger partial charge in [0.15, 0.2) is 4.77 Å². The van der Waals surface area contributed by atoms with Crippen LogP contribution in [-0.4, -0.2) is 21.8 Å². The van der Waals surface area contributed by atoms with Gasteiger partial charge in [-0.1, -0.05) is 6.07 Å². The Labute approximate surface area is 173 Å². The van der Waals surface area contributed by atoms with E-state index in [-0.39, 0.29) is 22.1 Å². The molecule has 0 aliphatic rings. The highest BCUT2D eigenvalue weighted by molar-refractivity contribution is 7.71. The van der Waals surface area contributed by atoms with Gasteiger partial charge in [0.1, 0.15) is 0 Å². The van der Waals surface area contributed by atoms with E-state index in [2.05, 4.69) is 20.6 Å². The van der Waals surface area contributed by atoms with E-state index in [4.69, 9.17) is 12.2 Å². The predicted molar refractivity (Wildman–Crippen MR) is 116 cm³/mol. The van der Waals surface area contributed by atoms with Crippen molar-refractivity contribution in [2.45, 2.75) is 0 Å². The van der Waals surface area contributed by atoms with Gasteiger partial charge in [0.25, 0.3) is 17.4 Å². The zero-order valence-corrected chi connectivity index (χ0v) is 16.4. The largest absolute Gasteiger partial charge is 0.332 e. The minimum absolute atomic E-state index is 0.180. The van der Waals surface area contributed by atoms with Gasteiger partial charge in [-0.15, -0.1) is 11.3 Å². The average molecular weight is 422 g/mol. The highest BCUT2D eigenvalue weighted by Crippen LogP contribution is 2.18. The van der Waals surface area contributed by atoms with Crippen LogP contribution in [0.3, 0.4) is 0 Å². The number of rotatable bonds is 4. The fourth-order valence-electron chi connectivity index (χ4n) is 2.75. The van der Waals surface area contributed by atoms with E-state index in [9.17, 15) is 14.4 Å². The number of fused-ring (bicyclic) bond motifs is 1. The number of aromatic amines is 2. The van der Waals surface area contributed by atoms with E-state index in [1.165, 1.54) is 11.3 Å². The SMILES string of the molecule is O=C(Nc1ccc(NC(=O)c2cccs2)cc1)c1ccc2c(=O)[nH]c(=S)[nH]c2c1. The molecule has 4 aromatic rings. The van der Waals surface area contributed by atoms with Gasteiger partial charge in [-0.05, 0) is 66.1 Å². The Bertz CT molecular complexity index is 1320. The second-order valence-corrected chi connectivity index (χ2v) is 7.49. The van der Waals surface area contributed by atoms with E-state index >= 15 is 0 Å². The van der Waals surface area contributed by atoms with Gasteiger partial charge in [0, 0.05) is 16.9 Å². The number of benzene rings is 2. The summed E-state index contributed by atoms with van der Waals surface area (Å²) in [5.74, 6) is -0.512. The van der Waals surface area contributed by atoms with Crippen molar-refractivity contribution in [1.82, 2.24) is 9.97 Å². The van der Waals surface area contributed by atoms with Gasteiger partial charge in [-0.25, -0.2) is 0 Å². The van der Waals surface area contributed by atoms with Crippen LogP contribution >= 0.6 is 23.6 Å². The van der Waals surface area contributed by atoms with Gasteiger partial charge in [0.2, 0.25) is 0 Å². The average Bonchev–Trinajstić information content (AvgIpc) is 3.24. The number of carbonyl (C=O) groups is 2. The normalized spacial score (nSPS) is 10.6. The molecule has 4 N–H and O–H groups in total. The summed E-state index contributed by atoms with van der Waals surface area (Å²) in [6, 6.07) is 15.1. The molecule has 29 heavy (non-hydrogen) atoms. The van der Waals surface area contributed by atoms with Crippen molar-refractivity contribution in [1.29, 1.82) is 0 Å². The first kappa shape index (κ1) is 18.8. The molecule has 0 aliphatic carbocycles. The van der Waals surface area contributed by atoms with Crippen LogP contribution in [0.5, 0.6) is 0 Å². The Balaban J connectivity index is 1.48. The Morgan fingerprint density at radius 3 is 2.24 bits per heavy atom. The van der Waals surface area contributed by atoms with Gasteiger partial charge >= 0.3 is 0 Å². The number of hydrogen-bond acceptors (Lipinski definition) is 5. The van der Waals surface area contributed by atoms with E-state index in [0.29, 0.717) is 32.7 Å². The van der Waals surface area contributed by atoms with Crippen molar-refractivity contribution < 1.29 is 9.59 Å². The molecule has 144 valence electrons. The molecule has 7 nitrogen and oxygen atoms in total. The van der Waals surface area contributed by atoms with Crippen LogP contribution in [0.15, 0.2) is 64.8 Å². The van der Waals surface area contributed by atoms with Crippen molar-refractivity contribution in [3.63, 3.8) is 0 Å². The van der Waals surface area contributed by atoms with E-state index < -0.39 is 0 Å². The molecule has 0 aliphatic heterocycles. The summed E-state index contributed by atoms with van der Waals surface area (Å²) in [4.78, 5) is 42.5. The van der Waals surface area contributed by atoms with Crippen molar-refractivity contribution >= 4 is 57.6 Å². The van der Waals surface area contributed by atoms with E-state index in [1.807, 2.05) is 11.4 Å². The zero-order valence-electron chi connectivity index (χ0n) is 14.8. The molecule has 4 rings (SSSR count). The minimum atomic E-state index is -0.332. The lowest BCUT2D eigenvalue weighted by Crippen LogP contribution is -2.14. The summed E-state index contributed by atoms with van der Waals surface area (Å²) in [7, 11) is 0. The Morgan fingerprint density at radius 2 is 1.59 bits per heavy atom. The van der Waals surface area contributed by atoms with Crippen LogP contribution < -0.4 is 16.2 Å². The molecule has 2 aromatic carbocycles. The molecule has 0 spiro atoms. The van der Waals surface area contributed by atoms with E-state index in [1.54, 1.807) is 48.5 Å². The molecule has 2 amide bonds. The molecule has 0 unspecified atom stereocenters. The Kier molecular flexibility index (Phi) is 5.07. The number of hydrogen-bond donors (Lipinski definition) is 4. The van der Waals surface area contributed by atoms with E-state index in [0.717, 1.165) is 0 Å². The minimum Gasteiger partial charge on any atom is -0.332 e. The smallest absolute Gasteiger partial charge is 0.265 e. The Morgan fingerprint density at radius 1 is 0.897 bits per heavy atom. The molecule has 0 saturated carbocycles. The third kappa shape index (κ3) is 4.15. The fourth-order valence-corrected chi connectivity index (χ4v) is 3.57. The summed E-state index contributed by atoms with van der Waals surface area (Å²) in [5, 5.41) is 7.84. The first-order valence-electron chi connectivity index (χ1n) is 8.52. The third-order valence-corrected chi connectivity index (χ3v) is 5.22. The molecule has 2 aromatic heterocycles. The summed E-state index contributed by atoms with van der Waals surface area (Å²) >= 11 is 6.33. The van der Waals surface area contributed by atoms with Gasteiger partial charge < -0.3 is 15.6 Å². The number of nitrogens with one attached hydrogen (secondary N) is 4. The zero-order chi connectivity index (χ0) is 20.4. The molecule has 2 heterocycles. The van der Waals surface area contributed by atoms with Gasteiger partial charge in [0.05, 0.1) is 15.8 Å². The fraction of sp³-hybridized carbons (Fsp3) is 0. The number of anilines is 2. The number of thiophene rings is 1. The molecule has 0 saturated heterocycles. The number of H-pyrrole nitrogens is 2. The maximum absolute atomic E-state index is 12.5. The second-order valence-electron chi connectivity index (χ2n) is 6.13. The summed E-state index contributed by atoms with van der Waals surface area (Å²) in [5.41, 5.74) is 1.75. The predicted octanol–water partition coefficient (Wildman–Crippen LogP) is 4.15. The molecule has 0 atom stereocenters. The van der Waals surface area contributed by atoms with Crippen LogP contribution in [0.2, 0.25) is 0 Å². The summed E-state index contributed by atoms with van der Waals surface area (Å²) < 4.78 is 0.195. The summed E-state index contributed by atoms with van der Waals surface area (Å²) in [6.45, 7) is 0. The molecule has 0 bridgehead atoms. The van der Waals surface area contributed by atoms with Crippen molar-refractivity contribution in [2.24, 2.45) is 0 Å². The van der Waals surface area contributed by atoms with Crippen molar-refractivity contribution in [3.05, 3.63) is 85.5 Å². The lowest BCUT2D eigenvalue weighted by Gasteiger charge is -2.08. The quantitative estimate of drug-likeness (QED) is 0.371. The first-order valence-corrected chi connectivity index (χ1v) is 9.81. The maximum Gasteiger partial charge on any atom is 0.265 e. The highest BCUT2D eigenvalue weighted by Gasteiger charge is 2.10. The molecular formula is C20H14N4O3S2. The van der Waals surface area contributed by atoms with Crippen LogP contribution in [0, 0.1) is 4.77 Å². The second kappa shape index (κ2) is 7.82. The highest BCUT2D eigenvalue weighted by atomic mass is 32.1. The lowest BCUT2D eigenvalue weighted by molar-refractivity contribution is 0.102. The molecule has 0 fully saturated rings. The van der Waals surface area contributed by atoms with Crippen LogP contribution in [0.4, 0.5) is 11.4 Å².